The molecule has 4 rings (SSSR count). The van der Waals surface area contributed by atoms with Crippen LogP contribution in [0.2, 0.25) is 0 Å². The zero-order valence-electron chi connectivity index (χ0n) is 18.6. The van der Waals surface area contributed by atoms with E-state index in [-0.39, 0.29) is 30.9 Å². The summed E-state index contributed by atoms with van der Waals surface area (Å²) in [4.78, 5) is 29.0. The van der Waals surface area contributed by atoms with Gasteiger partial charge in [-0.15, -0.1) is 0 Å². The number of rotatable bonds is 7. The van der Waals surface area contributed by atoms with E-state index < -0.39 is 0 Å². The van der Waals surface area contributed by atoms with Gasteiger partial charge in [-0.2, -0.15) is 0 Å². The Morgan fingerprint density at radius 1 is 1.10 bits per heavy atom. The lowest BCUT2D eigenvalue weighted by Crippen LogP contribution is -2.39. The highest BCUT2D eigenvalue weighted by molar-refractivity contribution is 5.99. The van der Waals surface area contributed by atoms with E-state index in [1.54, 1.807) is 0 Å². The number of ether oxygens (including phenoxy) is 2. The van der Waals surface area contributed by atoms with Crippen molar-refractivity contribution in [2.45, 2.75) is 39.3 Å². The first kappa shape index (κ1) is 21.4. The number of hydrogen-bond donors (Lipinski definition) is 0. The maximum Gasteiger partial charge on any atom is 0.236 e. The van der Waals surface area contributed by atoms with E-state index in [4.69, 9.17) is 9.47 Å². The normalized spacial score (nSPS) is 17.9. The van der Waals surface area contributed by atoms with Crippen LogP contribution in [0.15, 0.2) is 30.3 Å². The van der Waals surface area contributed by atoms with Crippen LogP contribution in [0.4, 0.5) is 0 Å². The van der Waals surface area contributed by atoms with Gasteiger partial charge >= 0.3 is 0 Å². The zero-order valence-corrected chi connectivity index (χ0v) is 18.6. The maximum atomic E-state index is 13.0. The predicted octanol–water partition coefficient (Wildman–Crippen LogP) is 2.68. The number of nitrogens with zero attached hydrogens (tertiary/aromatic N) is 3. The molecule has 1 atom stereocenters. The van der Waals surface area contributed by atoms with Crippen LogP contribution in [0.1, 0.15) is 34.6 Å². The second-order valence-electron chi connectivity index (χ2n) is 8.58. The first-order chi connectivity index (χ1) is 14.9. The van der Waals surface area contributed by atoms with Gasteiger partial charge in [0.1, 0.15) is 6.61 Å². The molecule has 1 aromatic heterocycles. The molecule has 2 aliphatic heterocycles. The summed E-state index contributed by atoms with van der Waals surface area (Å²) in [5.41, 5.74) is 2.64. The SMILES string of the molecule is Cc1cc(C(=O)CN(C)CC(=O)N2CCCC2)c(C)n1C[C@@H]1COc2ccccc2O1. The first-order valence-electron chi connectivity index (χ1n) is 11.0. The standard InChI is InChI=1S/C24H31N3O4/c1-17-12-20(21(28)14-25(3)15-24(29)26-10-6-7-11-26)18(2)27(17)13-19-16-30-22-8-4-5-9-23(22)31-19/h4-5,8-9,12,19H,6-7,10-11,13-16H2,1-3H3/t19-/m1/s1. The molecule has 3 heterocycles. The minimum atomic E-state index is -0.122. The monoisotopic (exact) mass is 425 g/mol. The fraction of sp³-hybridized carbons (Fsp3) is 0.500. The molecular formula is C24H31N3O4. The van der Waals surface area contributed by atoms with E-state index in [1.807, 2.05) is 61.0 Å². The summed E-state index contributed by atoms with van der Waals surface area (Å²) < 4.78 is 14.0. The molecule has 1 amide bonds. The van der Waals surface area contributed by atoms with Gasteiger partial charge in [0.2, 0.25) is 5.91 Å². The van der Waals surface area contributed by atoms with E-state index in [9.17, 15) is 9.59 Å². The van der Waals surface area contributed by atoms with Crippen molar-refractivity contribution < 1.29 is 19.1 Å². The smallest absolute Gasteiger partial charge is 0.236 e. The highest BCUT2D eigenvalue weighted by Gasteiger charge is 2.25. The number of hydrogen-bond acceptors (Lipinski definition) is 5. The number of ketones is 1. The van der Waals surface area contributed by atoms with Crippen molar-refractivity contribution in [3.05, 3.63) is 47.3 Å². The lowest BCUT2D eigenvalue weighted by atomic mass is 10.1. The van der Waals surface area contributed by atoms with Gasteiger partial charge in [-0.25, -0.2) is 0 Å². The number of Topliss-reactive ketones (excluding diaryl/α,β-unsaturated/α-hetero) is 1. The summed E-state index contributed by atoms with van der Waals surface area (Å²) >= 11 is 0. The minimum absolute atomic E-state index is 0.0298. The first-order valence-corrected chi connectivity index (χ1v) is 11.0. The van der Waals surface area contributed by atoms with Gasteiger partial charge in [-0.3, -0.25) is 14.5 Å². The number of carbonyl (C=O) groups is 2. The Labute approximate surface area is 183 Å². The third-order valence-corrected chi connectivity index (χ3v) is 6.11. The molecule has 7 nitrogen and oxygen atoms in total. The van der Waals surface area contributed by atoms with Gasteiger partial charge in [-0.1, -0.05) is 12.1 Å². The van der Waals surface area contributed by atoms with Gasteiger partial charge in [0.25, 0.3) is 0 Å². The average Bonchev–Trinajstić information content (AvgIpc) is 3.38. The third-order valence-electron chi connectivity index (χ3n) is 6.11. The summed E-state index contributed by atoms with van der Waals surface area (Å²) in [7, 11) is 1.83. The molecule has 0 radical (unpaired) electrons. The van der Waals surface area contributed by atoms with Gasteiger partial charge in [0, 0.05) is 30.0 Å². The fourth-order valence-electron chi connectivity index (χ4n) is 4.40. The van der Waals surface area contributed by atoms with Crippen molar-refractivity contribution in [2.75, 3.05) is 39.8 Å². The molecule has 1 aromatic carbocycles. The highest BCUT2D eigenvalue weighted by Crippen LogP contribution is 2.31. The number of carbonyl (C=O) groups excluding carboxylic acids is 2. The van der Waals surface area contributed by atoms with Crippen LogP contribution in [0.25, 0.3) is 0 Å². The van der Waals surface area contributed by atoms with Crippen molar-refractivity contribution in [3.63, 3.8) is 0 Å². The van der Waals surface area contributed by atoms with Crippen LogP contribution in [-0.4, -0.2) is 72.0 Å². The quantitative estimate of drug-likeness (QED) is 0.639. The Kier molecular flexibility index (Phi) is 6.32. The second kappa shape index (κ2) is 9.14. The number of benzene rings is 1. The summed E-state index contributed by atoms with van der Waals surface area (Å²) in [5.74, 6) is 1.65. The van der Waals surface area contributed by atoms with Crippen LogP contribution < -0.4 is 9.47 Å². The van der Waals surface area contributed by atoms with Crippen molar-refractivity contribution in [1.29, 1.82) is 0 Å². The van der Waals surface area contributed by atoms with E-state index in [2.05, 4.69) is 4.57 Å². The molecule has 0 spiro atoms. The van der Waals surface area contributed by atoms with Crippen LogP contribution in [0.3, 0.4) is 0 Å². The van der Waals surface area contributed by atoms with Gasteiger partial charge in [0.15, 0.2) is 23.4 Å². The molecule has 0 unspecified atom stereocenters. The molecule has 2 aliphatic rings. The van der Waals surface area contributed by atoms with Gasteiger partial charge in [-0.05, 0) is 51.9 Å². The van der Waals surface area contributed by atoms with E-state index >= 15 is 0 Å². The molecule has 0 N–H and O–H groups in total. The Balaban J connectivity index is 1.38. The Morgan fingerprint density at radius 2 is 1.81 bits per heavy atom. The predicted molar refractivity (Wildman–Crippen MR) is 118 cm³/mol. The number of amides is 1. The third kappa shape index (κ3) is 4.77. The van der Waals surface area contributed by atoms with Crippen LogP contribution in [-0.2, 0) is 11.3 Å². The largest absolute Gasteiger partial charge is 0.486 e. The summed E-state index contributed by atoms with van der Waals surface area (Å²) in [6.45, 7) is 7.21. The Morgan fingerprint density at radius 3 is 2.55 bits per heavy atom. The molecule has 2 aromatic rings. The molecule has 1 fully saturated rings. The minimum Gasteiger partial charge on any atom is -0.486 e. The number of likely N-dealkylation sites (N-methyl/N-ethyl adjacent to an activating group) is 1. The Bertz CT molecular complexity index is 962. The number of para-hydroxylation sites is 2. The number of aryl methyl sites for hydroxylation is 1. The highest BCUT2D eigenvalue weighted by atomic mass is 16.6. The van der Waals surface area contributed by atoms with Crippen molar-refractivity contribution in [2.24, 2.45) is 0 Å². The number of aromatic nitrogens is 1. The molecule has 0 saturated carbocycles. The number of likely N-dealkylation sites (tertiary alicyclic amines) is 1. The maximum absolute atomic E-state index is 13.0. The summed E-state index contributed by atoms with van der Waals surface area (Å²) in [6, 6.07) is 9.60. The van der Waals surface area contributed by atoms with Crippen molar-refractivity contribution in [3.8, 4) is 11.5 Å². The van der Waals surface area contributed by atoms with Crippen molar-refractivity contribution >= 4 is 11.7 Å². The van der Waals surface area contributed by atoms with E-state index in [0.717, 1.165) is 48.8 Å². The topological polar surface area (TPSA) is 64.0 Å². The van der Waals surface area contributed by atoms with Crippen LogP contribution in [0, 0.1) is 13.8 Å². The molecular weight excluding hydrogens is 394 g/mol. The van der Waals surface area contributed by atoms with Crippen molar-refractivity contribution in [1.82, 2.24) is 14.4 Å². The van der Waals surface area contributed by atoms with Gasteiger partial charge in [0.05, 0.1) is 19.6 Å². The lowest BCUT2D eigenvalue weighted by molar-refractivity contribution is -0.130. The summed E-state index contributed by atoms with van der Waals surface area (Å²) in [5, 5.41) is 0. The van der Waals surface area contributed by atoms with Gasteiger partial charge < -0.3 is 18.9 Å². The second-order valence-corrected chi connectivity index (χ2v) is 8.58. The van der Waals surface area contributed by atoms with Crippen LogP contribution >= 0.6 is 0 Å². The van der Waals surface area contributed by atoms with E-state index in [1.165, 1.54) is 0 Å². The lowest BCUT2D eigenvalue weighted by Gasteiger charge is -2.27. The van der Waals surface area contributed by atoms with E-state index in [0.29, 0.717) is 18.7 Å². The molecule has 0 bridgehead atoms. The fourth-order valence-corrected chi connectivity index (χ4v) is 4.40. The summed E-state index contributed by atoms with van der Waals surface area (Å²) in [6.07, 6.45) is 2.02. The molecule has 0 aliphatic carbocycles. The molecule has 1 saturated heterocycles. The number of fused-ring (bicyclic) bond motifs is 1. The van der Waals surface area contributed by atoms with Crippen LogP contribution in [0.5, 0.6) is 11.5 Å². The molecule has 7 heteroatoms. The Hall–Kier alpha value is -2.80. The molecule has 31 heavy (non-hydrogen) atoms. The molecule has 166 valence electrons. The zero-order chi connectivity index (χ0) is 22.0. The average molecular weight is 426 g/mol.